The second kappa shape index (κ2) is 8.10. The van der Waals surface area contributed by atoms with E-state index in [2.05, 4.69) is 41.2 Å². The zero-order valence-corrected chi connectivity index (χ0v) is 15.0. The Kier molecular flexibility index (Phi) is 5.64. The predicted molar refractivity (Wildman–Crippen MR) is 99.2 cm³/mol. The molecule has 2 heterocycles. The summed E-state index contributed by atoms with van der Waals surface area (Å²) in [5.74, 6) is 1.83. The van der Waals surface area contributed by atoms with Gasteiger partial charge in [0.25, 0.3) is 0 Å². The monoisotopic (exact) mass is 336 g/mol. The number of hydrogen-bond donors (Lipinski definition) is 0. The second-order valence-corrected chi connectivity index (χ2v) is 6.25. The Morgan fingerprint density at radius 2 is 2.00 bits per heavy atom. The van der Waals surface area contributed by atoms with Crippen LogP contribution < -0.4 is 0 Å². The fourth-order valence-corrected chi connectivity index (χ4v) is 2.98. The van der Waals surface area contributed by atoms with Gasteiger partial charge < -0.3 is 9.15 Å². The molecule has 0 radical (unpaired) electrons. The minimum absolute atomic E-state index is 0.112. The van der Waals surface area contributed by atoms with Crippen molar-refractivity contribution in [3.8, 4) is 11.3 Å². The number of benzene rings is 1. The molecule has 0 saturated carbocycles. The smallest absolute Gasteiger partial charge is 0.134 e. The lowest BCUT2D eigenvalue weighted by Crippen LogP contribution is -2.28. The number of methoxy groups -OCH3 is 1. The van der Waals surface area contributed by atoms with Crippen LogP contribution in [0.5, 0.6) is 0 Å². The van der Waals surface area contributed by atoms with Crippen LogP contribution >= 0.6 is 0 Å². The molecule has 3 rings (SSSR count). The Bertz CT molecular complexity index is 798. The summed E-state index contributed by atoms with van der Waals surface area (Å²) in [6, 6.07) is 18.6. The highest BCUT2D eigenvalue weighted by Crippen LogP contribution is 2.25. The number of pyridine rings is 1. The molecule has 1 atom stereocenters. The highest BCUT2D eigenvalue weighted by atomic mass is 16.5. The molecule has 25 heavy (non-hydrogen) atoms. The first-order valence-corrected chi connectivity index (χ1v) is 8.43. The summed E-state index contributed by atoms with van der Waals surface area (Å²) in [6.07, 6.45) is 1.83. The first-order chi connectivity index (χ1) is 12.2. The molecule has 0 saturated heterocycles. The number of furan rings is 1. The van der Waals surface area contributed by atoms with Gasteiger partial charge in [0.15, 0.2) is 0 Å². The van der Waals surface area contributed by atoms with E-state index < -0.39 is 0 Å². The maximum absolute atomic E-state index is 5.74. The lowest BCUT2D eigenvalue weighted by molar-refractivity contribution is 0.1000. The largest absolute Gasteiger partial charge is 0.461 e. The Balaban J connectivity index is 1.78. The predicted octanol–water partition coefficient (Wildman–Crippen LogP) is 4.47. The zero-order chi connectivity index (χ0) is 17.6. The summed E-state index contributed by atoms with van der Waals surface area (Å²) in [5.41, 5.74) is 3.34. The topological polar surface area (TPSA) is 38.5 Å². The minimum atomic E-state index is 0.112. The Labute approximate surface area is 149 Å². The van der Waals surface area contributed by atoms with Gasteiger partial charge in [-0.05, 0) is 49.9 Å². The lowest BCUT2D eigenvalue weighted by Gasteiger charge is -2.27. The molecule has 0 fully saturated rings. The molecule has 1 aromatic carbocycles. The van der Waals surface area contributed by atoms with Gasteiger partial charge in [-0.1, -0.05) is 24.3 Å². The van der Waals surface area contributed by atoms with E-state index in [4.69, 9.17) is 9.15 Å². The van der Waals surface area contributed by atoms with Gasteiger partial charge in [-0.3, -0.25) is 9.88 Å². The summed E-state index contributed by atoms with van der Waals surface area (Å²) in [4.78, 5) is 6.75. The molecule has 1 unspecified atom stereocenters. The third-order valence-corrected chi connectivity index (χ3v) is 4.27. The van der Waals surface area contributed by atoms with Crippen molar-refractivity contribution in [3.05, 3.63) is 77.8 Å². The highest BCUT2D eigenvalue weighted by molar-refractivity contribution is 5.58. The van der Waals surface area contributed by atoms with Crippen LogP contribution in [0.25, 0.3) is 11.3 Å². The lowest BCUT2D eigenvalue weighted by atomic mass is 10.1. The molecule has 0 bridgehead atoms. The van der Waals surface area contributed by atoms with E-state index in [0.717, 1.165) is 29.3 Å². The normalized spacial score (nSPS) is 12.5. The van der Waals surface area contributed by atoms with Gasteiger partial charge in [0, 0.05) is 25.4 Å². The van der Waals surface area contributed by atoms with E-state index in [9.17, 15) is 0 Å². The van der Waals surface area contributed by atoms with Crippen LogP contribution in [-0.2, 0) is 11.3 Å². The van der Waals surface area contributed by atoms with E-state index in [1.807, 2.05) is 43.5 Å². The summed E-state index contributed by atoms with van der Waals surface area (Å²) in [5, 5.41) is 0. The van der Waals surface area contributed by atoms with Crippen molar-refractivity contribution in [2.24, 2.45) is 0 Å². The van der Waals surface area contributed by atoms with Crippen molar-refractivity contribution >= 4 is 0 Å². The molecular weight excluding hydrogens is 312 g/mol. The maximum atomic E-state index is 5.74. The Hall–Kier alpha value is -2.43. The zero-order valence-electron chi connectivity index (χ0n) is 15.0. The number of aromatic nitrogens is 1. The fourth-order valence-electron chi connectivity index (χ4n) is 2.98. The van der Waals surface area contributed by atoms with Crippen molar-refractivity contribution in [3.63, 3.8) is 0 Å². The molecule has 2 aromatic heterocycles. The fraction of sp³-hybridized carbons (Fsp3) is 0.286. The van der Waals surface area contributed by atoms with Crippen LogP contribution in [0.4, 0.5) is 0 Å². The molecule has 0 aliphatic heterocycles. The number of aryl methyl sites for hydroxylation is 1. The summed E-state index contributed by atoms with van der Waals surface area (Å²) < 4.78 is 11.2. The maximum Gasteiger partial charge on any atom is 0.134 e. The van der Waals surface area contributed by atoms with Gasteiger partial charge in [-0.15, -0.1) is 0 Å². The second-order valence-electron chi connectivity index (χ2n) is 6.25. The first kappa shape index (κ1) is 17.4. The van der Waals surface area contributed by atoms with Crippen molar-refractivity contribution in [2.45, 2.75) is 19.5 Å². The third kappa shape index (κ3) is 4.35. The summed E-state index contributed by atoms with van der Waals surface area (Å²) in [6.45, 7) is 3.37. The number of hydrogen-bond acceptors (Lipinski definition) is 4. The van der Waals surface area contributed by atoms with Gasteiger partial charge in [-0.2, -0.15) is 0 Å². The minimum Gasteiger partial charge on any atom is -0.461 e. The quantitative estimate of drug-likeness (QED) is 0.638. The molecule has 0 spiro atoms. The van der Waals surface area contributed by atoms with E-state index in [0.29, 0.717) is 6.61 Å². The highest BCUT2D eigenvalue weighted by Gasteiger charge is 2.18. The van der Waals surface area contributed by atoms with E-state index in [1.54, 1.807) is 7.11 Å². The van der Waals surface area contributed by atoms with E-state index >= 15 is 0 Å². The molecule has 0 N–H and O–H groups in total. The SMILES string of the molecule is COCC(c1ccccn1)N(C)Cc1cccc(-c2ccc(C)o2)c1. The molecule has 0 aliphatic carbocycles. The van der Waals surface area contributed by atoms with Crippen LogP contribution in [0.3, 0.4) is 0 Å². The van der Waals surface area contributed by atoms with Crippen LogP contribution in [-0.4, -0.2) is 30.6 Å². The average molecular weight is 336 g/mol. The Morgan fingerprint density at radius 3 is 2.68 bits per heavy atom. The molecule has 3 aromatic rings. The van der Waals surface area contributed by atoms with Gasteiger partial charge in [0.2, 0.25) is 0 Å². The molecular formula is C21H24N2O2. The molecule has 0 amide bonds. The third-order valence-electron chi connectivity index (χ3n) is 4.27. The van der Waals surface area contributed by atoms with Gasteiger partial charge >= 0.3 is 0 Å². The van der Waals surface area contributed by atoms with Crippen molar-refractivity contribution in [1.82, 2.24) is 9.88 Å². The number of ether oxygens (including phenoxy) is 1. The summed E-state index contributed by atoms with van der Waals surface area (Å²) >= 11 is 0. The number of rotatable bonds is 7. The number of nitrogens with zero attached hydrogens (tertiary/aromatic N) is 2. The van der Waals surface area contributed by atoms with Gasteiger partial charge in [0.1, 0.15) is 11.5 Å². The molecule has 4 nitrogen and oxygen atoms in total. The van der Waals surface area contributed by atoms with Gasteiger partial charge in [-0.25, -0.2) is 0 Å². The van der Waals surface area contributed by atoms with Crippen molar-refractivity contribution in [2.75, 3.05) is 20.8 Å². The first-order valence-electron chi connectivity index (χ1n) is 8.43. The average Bonchev–Trinajstić information content (AvgIpc) is 3.07. The standard InChI is InChI=1S/C21H24N2O2/c1-16-10-11-21(25-16)18-8-6-7-17(13-18)14-23(2)20(15-24-3)19-9-4-5-12-22-19/h4-13,20H,14-15H2,1-3H3. The van der Waals surface area contributed by atoms with Crippen LogP contribution in [0.2, 0.25) is 0 Å². The van der Waals surface area contributed by atoms with Crippen LogP contribution in [0.15, 0.2) is 65.2 Å². The molecule has 4 heteroatoms. The van der Waals surface area contributed by atoms with Crippen LogP contribution in [0, 0.1) is 6.92 Å². The van der Waals surface area contributed by atoms with Gasteiger partial charge in [0.05, 0.1) is 18.3 Å². The van der Waals surface area contributed by atoms with Crippen LogP contribution in [0.1, 0.15) is 23.1 Å². The van der Waals surface area contributed by atoms with E-state index in [-0.39, 0.29) is 6.04 Å². The van der Waals surface area contributed by atoms with E-state index in [1.165, 1.54) is 5.56 Å². The number of likely N-dealkylation sites (N-methyl/N-ethyl adjacent to an activating group) is 1. The van der Waals surface area contributed by atoms with Crippen molar-refractivity contribution < 1.29 is 9.15 Å². The summed E-state index contributed by atoms with van der Waals surface area (Å²) in [7, 11) is 3.83. The Morgan fingerprint density at radius 1 is 1.12 bits per heavy atom. The molecule has 130 valence electrons. The van der Waals surface area contributed by atoms with Crippen molar-refractivity contribution in [1.29, 1.82) is 0 Å². The molecule has 0 aliphatic rings.